The van der Waals surface area contributed by atoms with Crippen LogP contribution in [0.15, 0.2) is 30.8 Å². The van der Waals surface area contributed by atoms with Crippen LogP contribution in [0, 0.1) is 0 Å². The van der Waals surface area contributed by atoms with Gasteiger partial charge in [-0.3, -0.25) is 14.4 Å². The van der Waals surface area contributed by atoms with Crippen molar-refractivity contribution in [2.45, 2.75) is 19.8 Å². The third-order valence-electron chi connectivity index (χ3n) is 2.82. The number of amides is 2. The maximum atomic E-state index is 11.4. The first-order valence-electron chi connectivity index (χ1n) is 5.83. The lowest BCUT2D eigenvalue weighted by molar-refractivity contribution is -0.169. The van der Waals surface area contributed by atoms with Gasteiger partial charge in [0.2, 0.25) is 0 Å². The Morgan fingerprint density at radius 2 is 1.58 bits per heavy atom. The zero-order valence-corrected chi connectivity index (χ0v) is 10.5. The van der Waals surface area contributed by atoms with Crippen LogP contribution >= 0.6 is 0 Å². The van der Waals surface area contributed by atoms with E-state index in [1.807, 2.05) is 0 Å². The summed E-state index contributed by atoms with van der Waals surface area (Å²) in [6, 6.07) is 6.59. The molecule has 2 rings (SSSR count). The van der Waals surface area contributed by atoms with Crippen LogP contribution in [-0.2, 0) is 14.4 Å². The van der Waals surface area contributed by atoms with Gasteiger partial charge in [0.25, 0.3) is 11.8 Å². The largest absolute Gasteiger partial charge is 0.369 e. The van der Waals surface area contributed by atoms with Crippen molar-refractivity contribution in [1.29, 1.82) is 0 Å². The predicted molar refractivity (Wildman–Crippen MR) is 67.7 cm³/mol. The molecular formula is C14H13NO4. The molecule has 0 aliphatic carbocycles. The molecule has 1 aromatic rings. The molecule has 1 aromatic carbocycles. The van der Waals surface area contributed by atoms with E-state index < -0.39 is 0 Å². The molecule has 1 aliphatic heterocycles. The SMILES string of the molecule is C=C(ON1C(=O)CCC1=O)c1ccc(C(C)=O)cc1. The minimum Gasteiger partial charge on any atom is -0.369 e. The van der Waals surface area contributed by atoms with Crippen molar-refractivity contribution in [3.63, 3.8) is 0 Å². The molecule has 98 valence electrons. The molecule has 1 fully saturated rings. The molecule has 0 aromatic heterocycles. The zero-order chi connectivity index (χ0) is 14.0. The molecule has 0 unspecified atom stereocenters. The van der Waals surface area contributed by atoms with E-state index >= 15 is 0 Å². The van der Waals surface area contributed by atoms with Gasteiger partial charge in [0, 0.05) is 24.0 Å². The molecule has 0 radical (unpaired) electrons. The molecule has 5 heteroatoms. The maximum absolute atomic E-state index is 11.4. The third-order valence-corrected chi connectivity index (χ3v) is 2.82. The van der Waals surface area contributed by atoms with Gasteiger partial charge in [-0.1, -0.05) is 30.8 Å². The lowest BCUT2D eigenvalue weighted by atomic mass is 10.1. The van der Waals surface area contributed by atoms with Crippen molar-refractivity contribution in [2.24, 2.45) is 0 Å². The van der Waals surface area contributed by atoms with Crippen LogP contribution in [0.4, 0.5) is 0 Å². The predicted octanol–water partition coefficient (Wildman–Crippen LogP) is 1.94. The molecule has 0 saturated carbocycles. The van der Waals surface area contributed by atoms with E-state index in [2.05, 4.69) is 6.58 Å². The van der Waals surface area contributed by atoms with Crippen molar-refractivity contribution >= 4 is 23.4 Å². The highest BCUT2D eigenvalue weighted by Gasteiger charge is 2.31. The molecule has 1 heterocycles. The summed E-state index contributed by atoms with van der Waals surface area (Å²) in [5.41, 5.74) is 1.18. The van der Waals surface area contributed by atoms with Crippen molar-refractivity contribution < 1.29 is 19.2 Å². The van der Waals surface area contributed by atoms with Gasteiger partial charge in [-0.15, -0.1) is 5.06 Å². The van der Waals surface area contributed by atoms with Gasteiger partial charge in [-0.25, -0.2) is 0 Å². The van der Waals surface area contributed by atoms with Gasteiger partial charge in [0.05, 0.1) is 0 Å². The van der Waals surface area contributed by atoms with Crippen LogP contribution < -0.4 is 0 Å². The second-order valence-corrected chi connectivity index (χ2v) is 4.23. The highest BCUT2D eigenvalue weighted by atomic mass is 16.7. The van der Waals surface area contributed by atoms with Crippen LogP contribution in [0.3, 0.4) is 0 Å². The molecule has 0 N–H and O–H groups in total. The van der Waals surface area contributed by atoms with Gasteiger partial charge >= 0.3 is 0 Å². The van der Waals surface area contributed by atoms with E-state index in [0.29, 0.717) is 11.1 Å². The summed E-state index contributed by atoms with van der Waals surface area (Å²) in [6.07, 6.45) is 0.324. The molecule has 1 aliphatic rings. The second kappa shape index (κ2) is 5.06. The Kier molecular flexibility index (Phi) is 3.46. The third kappa shape index (κ3) is 2.70. The van der Waals surface area contributed by atoms with Crippen LogP contribution in [0.1, 0.15) is 35.7 Å². The van der Waals surface area contributed by atoms with Gasteiger partial charge in [0.1, 0.15) is 0 Å². The van der Waals surface area contributed by atoms with E-state index in [0.717, 1.165) is 5.06 Å². The van der Waals surface area contributed by atoms with Crippen LogP contribution in [0.25, 0.3) is 5.76 Å². The molecule has 0 bridgehead atoms. The number of nitrogens with zero attached hydrogens (tertiary/aromatic N) is 1. The topological polar surface area (TPSA) is 63.7 Å². The Balaban J connectivity index is 2.09. The van der Waals surface area contributed by atoms with Crippen molar-refractivity contribution in [3.05, 3.63) is 42.0 Å². The zero-order valence-electron chi connectivity index (χ0n) is 10.5. The van der Waals surface area contributed by atoms with Crippen LogP contribution in [0.2, 0.25) is 0 Å². The molecule has 2 amide bonds. The number of ketones is 1. The smallest absolute Gasteiger partial charge is 0.263 e. The monoisotopic (exact) mass is 259 g/mol. The van der Waals surface area contributed by atoms with Crippen molar-refractivity contribution in [2.75, 3.05) is 0 Å². The van der Waals surface area contributed by atoms with Gasteiger partial charge < -0.3 is 4.84 Å². The average Bonchev–Trinajstić information content (AvgIpc) is 2.70. The van der Waals surface area contributed by atoms with E-state index in [9.17, 15) is 14.4 Å². The molecule has 19 heavy (non-hydrogen) atoms. The maximum Gasteiger partial charge on any atom is 0.263 e. The standard InChI is InChI=1S/C14H13NO4/c1-9(16)11-3-5-12(6-4-11)10(2)19-15-13(17)7-8-14(15)18/h3-6H,2,7-8H2,1H3. The van der Waals surface area contributed by atoms with Gasteiger partial charge in [-0.05, 0) is 6.92 Å². The molecule has 0 spiro atoms. The molecular weight excluding hydrogens is 246 g/mol. The minimum absolute atomic E-state index is 0.0389. The van der Waals surface area contributed by atoms with Crippen LogP contribution in [-0.4, -0.2) is 22.7 Å². The Morgan fingerprint density at radius 1 is 1.11 bits per heavy atom. The van der Waals surface area contributed by atoms with Gasteiger partial charge in [-0.2, -0.15) is 0 Å². The summed E-state index contributed by atoms with van der Waals surface area (Å²) in [5.74, 6) is -0.584. The summed E-state index contributed by atoms with van der Waals surface area (Å²) in [4.78, 5) is 39.1. The Bertz CT molecular complexity index is 543. The number of carbonyl (C=O) groups excluding carboxylic acids is 3. The van der Waals surface area contributed by atoms with Crippen molar-refractivity contribution in [3.8, 4) is 0 Å². The number of hydrogen-bond donors (Lipinski definition) is 0. The fraction of sp³-hybridized carbons (Fsp3) is 0.214. The summed E-state index contributed by atoms with van der Waals surface area (Å²) in [6.45, 7) is 5.15. The highest BCUT2D eigenvalue weighted by Crippen LogP contribution is 2.20. The Hall–Kier alpha value is -2.43. The van der Waals surface area contributed by atoms with Crippen LogP contribution in [0.5, 0.6) is 0 Å². The Morgan fingerprint density at radius 3 is 2.05 bits per heavy atom. The fourth-order valence-corrected chi connectivity index (χ4v) is 1.71. The number of rotatable bonds is 4. The van der Waals surface area contributed by atoms with E-state index in [1.54, 1.807) is 24.3 Å². The summed E-state index contributed by atoms with van der Waals surface area (Å²) >= 11 is 0. The Labute approximate surface area is 110 Å². The summed E-state index contributed by atoms with van der Waals surface area (Å²) in [7, 11) is 0. The summed E-state index contributed by atoms with van der Waals surface area (Å²) < 4.78 is 0. The molecule has 5 nitrogen and oxygen atoms in total. The van der Waals surface area contributed by atoms with E-state index in [4.69, 9.17) is 4.84 Å². The average molecular weight is 259 g/mol. The molecule has 0 atom stereocenters. The quantitative estimate of drug-likeness (QED) is 0.471. The van der Waals surface area contributed by atoms with E-state index in [-0.39, 0.29) is 36.2 Å². The first-order valence-corrected chi connectivity index (χ1v) is 5.83. The van der Waals surface area contributed by atoms with Gasteiger partial charge in [0.15, 0.2) is 11.5 Å². The number of carbonyl (C=O) groups is 3. The number of Topliss-reactive ketones (excluding diaryl/α,β-unsaturated/α-hetero) is 1. The normalized spacial score (nSPS) is 14.7. The van der Waals surface area contributed by atoms with Crippen molar-refractivity contribution in [1.82, 2.24) is 5.06 Å². The second-order valence-electron chi connectivity index (χ2n) is 4.23. The highest BCUT2D eigenvalue weighted by molar-refractivity contribution is 6.01. The lowest BCUT2D eigenvalue weighted by Gasteiger charge is -2.16. The summed E-state index contributed by atoms with van der Waals surface area (Å²) in [5, 5.41) is 0.737. The lowest BCUT2D eigenvalue weighted by Crippen LogP contribution is -2.28. The fourth-order valence-electron chi connectivity index (χ4n) is 1.71. The molecule has 1 saturated heterocycles. The first kappa shape index (κ1) is 13.0. The number of hydrogen-bond acceptors (Lipinski definition) is 4. The first-order chi connectivity index (χ1) is 8.99. The minimum atomic E-state index is -0.369. The van der Waals surface area contributed by atoms with E-state index in [1.165, 1.54) is 6.92 Å². The number of benzene rings is 1. The number of imide groups is 1. The number of hydroxylamine groups is 2.